The first-order chi connectivity index (χ1) is 11.1. The van der Waals surface area contributed by atoms with Crippen LogP contribution in [0.15, 0.2) is 60.7 Å². The SMILES string of the molecule is CC(C)N(Cc1ccccc1)CC(O)COCc1ccccc1. The van der Waals surface area contributed by atoms with Crippen molar-refractivity contribution < 1.29 is 9.84 Å². The smallest absolute Gasteiger partial charge is 0.0900 e. The van der Waals surface area contributed by atoms with Crippen molar-refractivity contribution in [2.45, 2.75) is 39.1 Å². The fourth-order valence-electron chi connectivity index (χ4n) is 2.49. The van der Waals surface area contributed by atoms with Gasteiger partial charge in [0.25, 0.3) is 0 Å². The minimum absolute atomic E-state index is 0.354. The summed E-state index contributed by atoms with van der Waals surface area (Å²) in [6, 6.07) is 20.8. The molecule has 2 rings (SSSR count). The van der Waals surface area contributed by atoms with Gasteiger partial charge in [-0.05, 0) is 25.0 Å². The van der Waals surface area contributed by atoms with Gasteiger partial charge in [0.1, 0.15) is 0 Å². The average Bonchev–Trinajstić information content (AvgIpc) is 2.56. The molecule has 0 amide bonds. The molecule has 0 bridgehead atoms. The first-order valence-electron chi connectivity index (χ1n) is 8.23. The monoisotopic (exact) mass is 313 g/mol. The van der Waals surface area contributed by atoms with Crippen molar-refractivity contribution in [2.24, 2.45) is 0 Å². The van der Waals surface area contributed by atoms with Gasteiger partial charge in [-0.2, -0.15) is 0 Å². The fraction of sp³-hybridized carbons (Fsp3) is 0.400. The first-order valence-corrected chi connectivity index (χ1v) is 8.23. The molecule has 0 heterocycles. The topological polar surface area (TPSA) is 32.7 Å². The molecule has 2 aromatic rings. The standard InChI is InChI=1S/C20H27NO2/c1-17(2)21(13-18-9-5-3-6-10-18)14-20(22)16-23-15-19-11-7-4-8-12-19/h3-12,17,20,22H,13-16H2,1-2H3. The van der Waals surface area contributed by atoms with Gasteiger partial charge in [-0.15, -0.1) is 0 Å². The van der Waals surface area contributed by atoms with Gasteiger partial charge in [-0.3, -0.25) is 4.90 Å². The lowest BCUT2D eigenvalue weighted by molar-refractivity contribution is 0.00314. The Morgan fingerprint density at radius 2 is 1.48 bits per heavy atom. The molecular weight excluding hydrogens is 286 g/mol. The molecule has 2 aromatic carbocycles. The zero-order valence-electron chi connectivity index (χ0n) is 14.1. The summed E-state index contributed by atoms with van der Waals surface area (Å²) in [5.74, 6) is 0. The molecule has 0 fully saturated rings. The number of ether oxygens (including phenoxy) is 1. The van der Waals surface area contributed by atoms with Crippen LogP contribution in [0, 0.1) is 0 Å². The van der Waals surface area contributed by atoms with Crippen molar-refractivity contribution in [1.29, 1.82) is 0 Å². The molecule has 0 aliphatic carbocycles. The molecule has 124 valence electrons. The van der Waals surface area contributed by atoms with Crippen molar-refractivity contribution in [3.05, 3.63) is 71.8 Å². The van der Waals surface area contributed by atoms with Gasteiger partial charge in [-0.25, -0.2) is 0 Å². The molecule has 3 heteroatoms. The molecular formula is C20H27NO2. The highest BCUT2D eigenvalue weighted by atomic mass is 16.5. The van der Waals surface area contributed by atoms with Crippen LogP contribution in [0.5, 0.6) is 0 Å². The van der Waals surface area contributed by atoms with E-state index in [1.165, 1.54) is 5.56 Å². The fourth-order valence-corrected chi connectivity index (χ4v) is 2.49. The Labute approximate surface area is 139 Å². The maximum atomic E-state index is 10.3. The molecule has 0 saturated carbocycles. The second-order valence-electron chi connectivity index (χ2n) is 6.16. The number of hydrogen-bond acceptors (Lipinski definition) is 3. The largest absolute Gasteiger partial charge is 0.389 e. The van der Waals surface area contributed by atoms with Gasteiger partial charge in [0.05, 0.1) is 19.3 Å². The summed E-state index contributed by atoms with van der Waals surface area (Å²) in [5.41, 5.74) is 2.39. The van der Waals surface area contributed by atoms with Crippen LogP contribution in [-0.2, 0) is 17.9 Å². The minimum Gasteiger partial charge on any atom is -0.389 e. The molecule has 1 atom stereocenters. The summed E-state index contributed by atoms with van der Waals surface area (Å²) in [6.07, 6.45) is -0.482. The highest BCUT2D eigenvalue weighted by Crippen LogP contribution is 2.09. The third-order valence-electron chi connectivity index (χ3n) is 3.83. The molecule has 23 heavy (non-hydrogen) atoms. The van der Waals surface area contributed by atoms with Gasteiger partial charge < -0.3 is 9.84 Å². The van der Waals surface area contributed by atoms with Crippen LogP contribution < -0.4 is 0 Å². The Bertz CT molecular complexity index is 542. The van der Waals surface area contributed by atoms with E-state index in [9.17, 15) is 5.11 Å². The highest BCUT2D eigenvalue weighted by Gasteiger charge is 2.15. The highest BCUT2D eigenvalue weighted by molar-refractivity contribution is 5.15. The molecule has 0 spiro atoms. The van der Waals surface area contributed by atoms with Crippen LogP contribution >= 0.6 is 0 Å². The Hall–Kier alpha value is -1.68. The van der Waals surface area contributed by atoms with Crippen molar-refractivity contribution in [3.8, 4) is 0 Å². The lowest BCUT2D eigenvalue weighted by Gasteiger charge is -2.28. The van der Waals surface area contributed by atoms with Crippen LogP contribution in [0.3, 0.4) is 0 Å². The summed E-state index contributed by atoms with van der Waals surface area (Å²) in [6.45, 7) is 6.65. The van der Waals surface area contributed by atoms with Crippen LogP contribution in [0.1, 0.15) is 25.0 Å². The quantitative estimate of drug-likeness (QED) is 0.769. The molecule has 1 N–H and O–H groups in total. The van der Waals surface area contributed by atoms with E-state index < -0.39 is 6.10 Å². The number of hydrogen-bond donors (Lipinski definition) is 1. The Morgan fingerprint density at radius 3 is 2.04 bits per heavy atom. The number of benzene rings is 2. The van der Waals surface area contributed by atoms with E-state index in [0.29, 0.717) is 25.8 Å². The van der Waals surface area contributed by atoms with Gasteiger partial charge in [0.15, 0.2) is 0 Å². The minimum atomic E-state index is -0.482. The van der Waals surface area contributed by atoms with E-state index in [0.717, 1.165) is 12.1 Å². The predicted molar refractivity (Wildman–Crippen MR) is 94.1 cm³/mol. The van der Waals surface area contributed by atoms with Gasteiger partial charge >= 0.3 is 0 Å². The predicted octanol–water partition coefficient (Wildman–Crippen LogP) is 3.47. The van der Waals surface area contributed by atoms with E-state index in [1.807, 2.05) is 48.5 Å². The summed E-state index contributed by atoms with van der Waals surface area (Å²) in [7, 11) is 0. The second kappa shape index (κ2) is 9.46. The van der Waals surface area contributed by atoms with Crippen molar-refractivity contribution >= 4 is 0 Å². The van der Waals surface area contributed by atoms with Gasteiger partial charge in [0.2, 0.25) is 0 Å². The number of rotatable bonds is 9. The summed E-state index contributed by atoms with van der Waals surface area (Å²) < 4.78 is 5.64. The third-order valence-corrected chi connectivity index (χ3v) is 3.83. The zero-order chi connectivity index (χ0) is 16.5. The maximum Gasteiger partial charge on any atom is 0.0900 e. The molecule has 0 aromatic heterocycles. The van der Waals surface area contributed by atoms with E-state index in [4.69, 9.17) is 4.74 Å². The second-order valence-corrected chi connectivity index (χ2v) is 6.16. The molecule has 3 nitrogen and oxygen atoms in total. The van der Waals surface area contributed by atoms with E-state index in [-0.39, 0.29) is 0 Å². The van der Waals surface area contributed by atoms with Crippen LogP contribution in [0.25, 0.3) is 0 Å². The van der Waals surface area contributed by atoms with Crippen molar-refractivity contribution in [3.63, 3.8) is 0 Å². The van der Waals surface area contributed by atoms with E-state index >= 15 is 0 Å². The molecule has 0 saturated heterocycles. The number of nitrogens with zero attached hydrogens (tertiary/aromatic N) is 1. The van der Waals surface area contributed by atoms with Crippen LogP contribution in [0.2, 0.25) is 0 Å². The molecule has 0 aliphatic rings. The van der Waals surface area contributed by atoms with Gasteiger partial charge in [0, 0.05) is 19.1 Å². The first kappa shape index (κ1) is 17.7. The summed E-state index contributed by atoms with van der Waals surface area (Å²) in [4.78, 5) is 2.27. The lowest BCUT2D eigenvalue weighted by Crippen LogP contribution is -2.38. The Balaban J connectivity index is 1.77. The van der Waals surface area contributed by atoms with Crippen LogP contribution in [-0.4, -0.2) is 35.3 Å². The van der Waals surface area contributed by atoms with E-state index in [1.54, 1.807) is 0 Å². The zero-order valence-corrected chi connectivity index (χ0v) is 14.1. The van der Waals surface area contributed by atoms with Crippen molar-refractivity contribution in [2.75, 3.05) is 13.2 Å². The summed E-state index contributed by atoms with van der Waals surface area (Å²) in [5, 5.41) is 10.3. The third kappa shape index (κ3) is 6.53. The van der Waals surface area contributed by atoms with Crippen molar-refractivity contribution in [1.82, 2.24) is 4.90 Å². The Kier molecular flexibility index (Phi) is 7.27. The van der Waals surface area contributed by atoms with E-state index in [2.05, 4.69) is 30.9 Å². The molecule has 0 aliphatic heterocycles. The number of aliphatic hydroxyl groups is 1. The lowest BCUT2D eigenvalue weighted by atomic mass is 10.1. The maximum absolute atomic E-state index is 10.3. The normalized spacial score (nSPS) is 12.7. The number of aliphatic hydroxyl groups excluding tert-OH is 1. The molecule has 1 unspecified atom stereocenters. The molecule has 0 radical (unpaired) electrons. The average molecular weight is 313 g/mol. The Morgan fingerprint density at radius 1 is 0.913 bits per heavy atom. The summed E-state index contributed by atoms with van der Waals surface area (Å²) >= 11 is 0. The van der Waals surface area contributed by atoms with Crippen LogP contribution in [0.4, 0.5) is 0 Å². The van der Waals surface area contributed by atoms with Gasteiger partial charge in [-0.1, -0.05) is 60.7 Å².